The van der Waals surface area contributed by atoms with Crippen LogP contribution in [0.5, 0.6) is 0 Å². The minimum Gasteiger partial charge on any atom is -0.372 e. The number of halogens is 3. The zero-order valence-electron chi connectivity index (χ0n) is 11.0. The van der Waals surface area contributed by atoms with Crippen molar-refractivity contribution >= 4 is 0 Å². The molecule has 1 unspecified atom stereocenters. The molecule has 2 rings (SSSR count). The predicted molar refractivity (Wildman–Crippen MR) is 65.0 cm³/mol. The molecule has 1 heterocycles. The van der Waals surface area contributed by atoms with Gasteiger partial charge in [-0.25, -0.2) is 4.98 Å². The Bertz CT molecular complexity index is 415. The van der Waals surface area contributed by atoms with Gasteiger partial charge in [-0.3, -0.25) is 0 Å². The van der Waals surface area contributed by atoms with Crippen LogP contribution in [-0.2, 0) is 24.0 Å². The lowest BCUT2D eigenvalue weighted by atomic mass is 9.88. The third kappa shape index (κ3) is 4.23. The molecule has 1 aliphatic carbocycles. The molecular formula is C13H19F3N2O. The number of aromatic nitrogens is 2. The standard InChI is InChI=1S/C13H19F3N2O/c1-2-9-3-4-10-11(7-9)18-12(17-10)5-6-19-8-13(14,15)16/h9H,2-8H2,1H3,(H,17,18). The van der Waals surface area contributed by atoms with Gasteiger partial charge in [-0.2, -0.15) is 13.2 Å². The van der Waals surface area contributed by atoms with Gasteiger partial charge < -0.3 is 9.72 Å². The summed E-state index contributed by atoms with van der Waals surface area (Å²) in [6, 6.07) is 0. The monoisotopic (exact) mass is 276 g/mol. The number of imidazole rings is 1. The van der Waals surface area contributed by atoms with Crippen molar-refractivity contribution in [1.29, 1.82) is 0 Å². The topological polar surface area (TPSA) is 37.9 Å². The molecule has 108 valence electrons. The first-order valence-corrected chi connectivity index (χ1v) is 6.69. The van der Waals surface area contributed by atoms with Crippen LogP contribution in [-0.4, -0.2) is 29.4 Å². The number of nitrogens with one attached hydrogen (secondary N) is 1. The molecule has 1 aromatic heterocycles. The number of alkyl halides is 3. The molecule has 0 fully saturated rings. The number of hydrogen-bond acceptors (Lipinski definition) is 2. The Balaban J connectivity index is 1.81. The Morgan fingerprint density at radius 2 is 2.21 bits per heavy atom. The largest absolute Gasteiger partial charge is 0.411 e. The second-order valence-corrected chi connectivity index (χ2v) is 5.04. The number of ether oxygens (including phenoxy) is 1. The number of aromatic amines is 1. The van der Waals surface area contributed by atoms with E-state index < -0.39 is 12.8 Å². The van der Waals surface area contributed by atoms with Crippen LogP contribution in [0.3, 0.4) is 0 Å². The first kappa shape index (κ1) is 14.4. The molecule has 0 radical (unpaired) electrons. The molecule has 0 spiro atoms. The maximum atomic E-state index is 11.9. The summed E-state index contributed by atoms with van der Waals surface area (Å²) in [7, 11) is 0. The summed E-state index contributed by atoms with van der Waals surface area (Å²) >= 11 is 0. The van der Waals surface area contributed by atoms with Crippen molar-refractivity contribution in [1.82, 2.24) is 9.97 Å². The van der Waals surface area contributed by atoms with E-state index in [9.17, 15) is 13.2 Å². The number of rotatable bonds is 5. The Morgan fingerprint density at radius 3 is 2.89 bits per heavy atom. The van der Waals surface area contributed by atoms with Crippen molar-refractivity contribution in [3.05, 3.63) is 17.2 Å². The van der Waals surface area contributed by atoms with Crippen LogP contribution in [0.2, 0.25) is 0 Å². The molecule has 1 aliphatic rings. The number of fused-ring (bicyclic) bond motifs is 1. The van der Waals surface area contributed by atoms with Crippen molar-refractivity contribution in [3.8, 4) is 0 Å². The molecule has 0 amide bonds. The fraction of sp³-hybridized carbons (Fsp3) is 0.769. The van der Waals surface area contributed by atoms with Crippen molar-refractivity contribution in [3.63, 3.8) is 0 Å². The van der Waals surface area contributed by atoms with E-state index in [1.165, 1.54) is 0 Å². The third-order valence-electron chi connectivity index (χ3n) is 3.52. The van der Waals surface area contributed by atoms with Crippen molar-refractivity contribution in [2.45, 2.75) is 45.2 Å². The Hall–Kier alpha value is -1.04. The summed E-state index contributed by atoms with van der Waals surface area (Å²) in [4.78, 5) is 7.66. The predicted octanol–water partition coefficient (Wildman–Crippen LogP) is 3.05. The van der Waals surface area contributed by atoms with Crippen molar-refractivity contribution < 1.29 is 17.9 Å². The van der Waals surface area contributed by atoms with Crippen molar-refractivity contribution in [2.24, 2.45) is 5.92 Å². The van der Waals surface area contributed by atoms with E-state index >= 15 is 0 Å². The molecule has 1 N–H and O–H groups in total. The van der Waals surface area contributed by atoms with Gasteiger partial charge in [0.05, 0.1) is 12.3 Å². The van der Waals surface area contributed by atoms with Gasteiger partial charge in [0.1, 0.15) is 12.4 Å². The molecule has 0 saturated carbocycles. The average Bonchev–Trinajstić information content (AvgIpc) is 2.75. The van der Waals surface area contributed by atoms with E-state index in [2.05, 4.69) is 21.6 Å². The molecule has 0 saturated heterocycles. The Morgan fingerprint density at radius 1 is 1.42 bits per heavy atom. The lowest BCUT2D eigenvalue weighted by Crippen LogP contribution is -2.18. The average molecular weight is 276 g/mol. The van der Waals surface area contributed by atoms with Crippen LogP contribution >= 0.6 is 0 Å². The van der Waals surface area contributed by atoms with Gasteiger partial charge >= 0.3 is 6.18 Å². The summed E-state index contributed by atoms with van der Waals surface area (Å²) in [5, 5.41) is 0. The van der Waals surface area contributed by atoms with Gasteiger partial charge in [-0.1, -0.05) is 13.3 Å². The maximum Gasteiger partial charge on any atom is 0.411 e. The third-order valence-corrected chi connectivity index (χ3v) is 3.52. The van der Waals surface area contributed by atoms with Gasteiger partial charge in [-0.15, -0.1) is 0 Å². The SMILES string of the molecule is CCC1CCc2nc(CCOCC(F)(F)F)[nH]c2C1. The van der Waals surface area contributed by atoms with Gasteiger partial charge in [0.25, 0.3) is 0 Å². The normalized spacial score (nSPS) is 19.5. The number of nitrogens with zero attached hydrogens (tertiary/aromatic N) is 1. The smallest absolute Gasteiger partial charge is 0.372 e. The van der Waals surface area contributed by atoms with E-state index in [1.807, 2.05) is 0 Å². The molecule has 19 heavy (non-hydrogen) atoms. The highest BCUT2D eigenvalue weighted by molar-refractivity contribution is 5.18. The van der Waals surface area contributed by atoms with Crippen LogP contribution in [0.25, 0.3) is 0 Å². The van der Waals surface area contributed by atoms with E-state index in [4.69, 9.17) is 0 Å². The van der Waals surface area contributed by atoms with Crippen molar-refractivity contribution in [2.75, 3.05) is 13.2 Å². The lowest BCUT2D eigenvalue weighted by Gasteiger charge is -2.19. The molecule has 0 bridgehead atoms. The van der Waals surface area contributed by atoms with Crippen LogP contribution in [0.15, 0.2) is 0 Å². The maximum absolute atomic E-state index is 11.9. The van der Waals surface area contributed by atoms with Crippen LogP contribution in [0, 0.1) is 5.92 Å². The van der Waals surface area contributed by atoms with E-state index in [0.29, 0.717) is 12.3 Å². The Kier molecular flexibility index (Phi) is 4.50. The highest BCUT2D eigenvalue weighted by atomic mass is 19.4. The second-order valence-electron chi connectivity index (χ2n) is 5.04. The van der Waals surface area contributed by atoms with Gasteiger partial charge in [0.15, 0.2) is 0 Å². The van der Waals surface area contributed by atoms with E-state index in [0.717, 1.165) is 42.9 Å². The zero-order valence-corrected chi connectivity index (χ0v) is 11.0. The fourth-order valence-corrected chi connectivity index (χ4v) is 2.44. The minimum atomic E-state index is -4.25. The molecule has 1 aromatic rings. The molecule has 6 heteroatoms. The summed E-state index contributed by atoms with van der Waals surface area (Å²) in [6.07, 6.45) is 0.424. The second kappa shape index (κ2) is 5.94. The molecule has 1 atom stereocenters. The number of H-pyrrole nitrogens is 1. The van der Waals surface area contributed by atoms with Crippen LogP contribution < -0.4 is 0 Å². The highest BCUT2D eigenvalue weighted by Gasteiger charge is 2.27. The molecule has 0 aromatic carbocycles. The lowest BCUT2D eigenvalue weighted by molar-refractivity contribution is -0.173. The summed E-state index contributed by atoms with van der Waals surface area (Å²) in [6.45, 7) is 1.03. The first-order chi connectivity index (χ1) is 8.98. The van der Waals surface area contributed by atoms with Gasteiger partial charge in [0, 0.05) is 12.1 Å². The zero-order chi connectivity index (χ0) is 13.9. The number of hydrogen-bond donors (Lipinski definition) is 1. The highest BCUT2D eigenvalue weighted by Crippen LogP contribution is 2.25. The van der Waals surface area contributed by atoms with Crippen LogP contribution in [0.1, 0.15) is 37.0 Å². The van der Waals surface area contributed by atoms with E-state index in [-0.39, 0.29) is 6.61 Å². The van der Waals surface area contributed by atoms with E-state index in [1.54, 1.807) is 0 Å². The van der Waals surface area contributed by atoms with Crippen LogP contribution in [0.4, 0.5) is 13.2 Å². The summed E-state index contributed by atoms with van der Waals surface area (Å²) in [5.74, 6) is 1.44. The molecule has 0 aliphatic heterocycles. The quantitative estimate of drug-likeness (QED) is 0.839. The van der Waals surface area contributed by atoms with Gasteiger partial charge in [0.2, 0.25) is 0 Å². The first-order valence-electron chi connectivity index (χ1n) is 6.69. The summed E-state index contributed by atoms with van der Waals surface area (Å²) < 4.78 is 40.3. The fourth-order valence-electron chi connectivity index (χ4n) is 2.44. The summed E-state index contributed by atoms with van der Waals surface area (Å²) in [5.41, 5.74) is 2.24. The number of aryl methyl sites for hydroxylation is 1. The van der Waals surface area contributed by atoms with Gasteiger partial charge in [-0.05, 0) is 25.2 Å². The molecular weight excluding hydrogens is 257 g/mol. The Labute approximate surface area is 110 Å². The minimum absolute atomic E-state index is 0.0448. The molecule has 3 nitrogen and oxygen atoms in total.